The number of alkyl halides is 4. The fraction of sp³-hybridized carbons (Fsp3) is 0.375. The van der Waals surface area contributed by atoms with Gasteiger partial charge in [0.15, 0.2) is 16.6 Å². The number of hydrogen-bond acceptors (Lipinski definition) is 6. The maximum Gasteiger partial charge on any atom is 0.416 e. The summed E-state index contributed by atoms with van der Waals surface area (Å²) in [6.45, 7) is 0. The molecule has 2 fully saturated rings. The highest BCUT2D eigenvalue weighted by Gasteiger charge is 2.60. The molecule has 0 bridgehead atoms. The number of pyridine rings is 1. The third kappa shape index (κ3) is 5.19. The number of fused-ring (bicyclic) bond motifs is 2. The van der Waals surface area contributed by atoms with Gasteiger partial charge in [-0.15, -0.1) is 0 Å². The highest BCUT2D eigenvalue weighted by Crippen LogP contribution is 2.56. The lowest BCUT2D eigenvalue weighted by atomic mass is 9.59. The van der Waals surface area contributed by atoms with Crippen LogP contribution in [0, 0.1) is 11.2 Å². The molecular weight excluding hydrogens is 643 g/mol. The highest BCUT2D eigenvalue weighted by atomic mass is 32.2. The number of rotatable bonds is 7. The fourth-order valence-electron chi connectivity index (χ4n) is 7.04. The Morgan fingerprint density at radius 3 is 2.49 bits per heavy atom. The zero-order valence-electron chi connectivity index (χ0n) is 25.1. The van der Waals surface area contributed by atoms with Gasteiger partial charge in [0, 0.05) is 31.9 Å². The topological polar surface area (TPSA) is 103 Å². The van der Waals surface area contributed by atoms with Gasteiger partial charge in [-0.2, -0.15) is 27.7 Å². The number of sulfonamides is 1. The molecule has 3 heterocycles. The van der Waals surface area contributed by atoms with Crippen molar-refractivity contribution in [2.45, 2.75) is 68.0 Å². The highest BCUT2D eigenvalue weighted by molar-refractivity contribution is 7.89. The number of aromatic nitrogens is 5. The van der Waals surface area contributed by atoms with Gasteiger partial charge in [0.05, 0.1) is 28.6 Å². The number of halogens is 5. The fourth-order valence-corrected chi connectivity index (χ4v) is 8.90. The molecule has 0 radical (unpaired) electrons. The summed E-state index contributed by atoms with van der Waals surface area (Å²) < 4.78 is 104. The van der Waals surface area contributed by atoms with Crippen molar-refractivity contribution in [3.05, 3.63) is 95.0 Å². The van der Waals surface area contributed by atoms with Gasteiger partial charge in [-0.25, -0.2) is 21.9 Å². The molecule has 0 spiro atoms. The summed E-state index contributed by atoms with van der Waals surface area (Å²) in [5, 5.41) is 8.14. The van der Waals surface area contributed by atoms with Crippen molar-refractivity contribution in [2.24, 2.45) is 12.5 Å². The monoisotopic (exact) mass is 672 g/mol. The van der Waals surface area contributed by atoms with Crippen LogP contribution in [-0.4, -0.2) is 54.9 Å². The largest absolute Gasteiger partial charge is 0.416 e. The van der Waals surface area contributed by atoms with Crippen molar-refractivity contribution >= 4 is 21.9 Å². The molecule has 0 saturated heterocycles. The molecule has 1 aromatic carbocycles. The Balaban J connectivity index is 1.37. The van der Waals surface area contributed by atoms with Crippen LogP contribution in [0.4, 0.5) is 22.0 Å². The normalized spacial score (nSPS) is 23.2. The number of allylic oxidation sites excluding steroid dienone is 1. The summed E-state index contributed by atoms with van der Waals surface area (Å²) in [6.07, 6.45) is 1.01. The smallest absolute Gasteiger partial charge is 0.291 e. The molecule has 246 valence electrons. The second-order valence-corrected chi connectivity index (χ2v) is 14.2. The summed E-state index contributed by atoms with van der Waals surface area (Å²) in [5.74, 6) is -3.88. The van der Waals surface area contributed by atoms with Crippen molar-refractivity contribution in [1.82, 2.24) is 28.9 Å². The van der Waals surface area contributed by atoms with Crippen LogP contribution in [0.2, 0.25) is 0 Å². The second-order valence-electron chi connectivity index (χ2n) is 12.4. The van der Waals surface area contributed by atoms with E-state index in [1.165, 1.54) is 54.5 Å². The van der Waals surface area contributed by atoms with E-state index in [0.29, 0.717) is 47.8 Å². The maximum absolute atomic E-state index is 17.8. The zero-order valence-corrected chi connectivity index (χ0v) is 25.9. The van der Waals surface area contributed by atoms with Crippen molar-refractivity contribution in [3.63, 3.8) is 0 Å². The van der Waals surface area contributed by atoms with E-state index < -0.39 is 62.7 Å². The van der Waals surface area contributed by atoms with Crippen LogP contribution in [-0.2, 0) is 29.7 Å². The molecule has 2 atom stereocenters. The van der Waals surface area contributed by atoms with E-state index in [0.717, 1.165) is 16.6 Å². The molecule has 4 aromatic rings. The van der Waals surface area contributed by atoms with Crippen molar-refractivity contribution in [1.29, 1.82) is 0 Å². The van der Waals surface area contributed by atoms with E-state index >= 15 is 4.39 Å². The van der Waals surface area contributed by atoms with E-state index in [4.69, 9.17) is 0 Å². The second kappa shape index (κ2) is 10.9. The number of ketones is 1. The quantitative estimate of drug-likeness (QED) is 0.134. The zero-order chi connectivity index (χ0) is 33.4. The molecule has 47 heavy (non-hydrogen) atoms. The van der Waals surface area contributed by atoms with Gasteiger partial charge >= 0.3 is 6.18 Å². The van der Waals surface area contributed by atoms with Crippen LogP contribution in [0.15, 0.2) is 71.7 Å². The van der Waals surface area contributed by atoms with Crippen LogP contribution in [0.1, 0.15) is 65.8 Å². The third-order valence-corrected chi connectivity index (χ3v) is 11.4. The van der Waals surface area contributed by atoms with Crippen LogP contribution < -0.4 is 0 Å². The molecule has 0 amide bonds. The molecule has 0 aliphatic heterocycles. The molecule has 7 rings (SSSR count). The molecule has 9 nitrogen and oxygen atoms in total. The van der Waals surface area contributed by atoms with E-state index in [1.54, 1.807) is 10.8 Å². The van der Waals surface area contributed by atoms with Crippen LogP contribution >= 0.6 is 0 Å². The van der Waals surface area contributed by atoms with E-state index in [1.807, 2.05) is 0 Å². The Hall–Kier alpha value is -4.24. The van der Waals surface area contributed by atoms with Gasteiger partial charge in [-0.3, -0.25) is 14.5 Å². The first-order valence-corrected chi connectivity index (χ1v) is 16.5. The van der Waals surface area contributed by atoms with Crippen LogP contribution in [0.25, 0.3) is 11.8 Å². The predicted molar refractivity (Wildman–Crippen MR) is 159 cm³/mol. The number of Topliss-reactive ketones (excluding diaryl/α,β-unsaturated/α-hetero) is 1. The SMILES string of the molecule is Cn1ccc(S(=O)(=O)N(C2CCC2)[C@@]2(F)CCC3=Cc4c(cnn4-c4ccc(F)cc4)C[C@]3(C(=O)c3cc(C(F)(F)F)ccn3)C2)n1. The van der Waals surface area contributed by atoms with Crippen molar-refractivity contribution in [3.8, 4) is 5.69 Å². The number of hydrogen-bond donors (Lipinski definition) is 0. The number of carbonyl (C=O) groups excluding carboxylic acids is 1. The van der Waals surface area contributed by atoms with Crippen LogP contribution in [0.5, 0.6) is 0 Å². The molecule has 3 aliphatic rings. The van der Waals surface area contributed by atoms with Crippen LogP contribution in [0.3, 0.4) is 0 Å². The Bertz CT molecular complexity index is 2020. The minimum absolute atomic E-state index is 0.0732. The standard InChI is InChI=1S/C32H29F5N6O3S/c1-41-14-11-28(40-41)47(45,46)43(25-3-2-4-25)31(34)12-9-21-16-27-20(18-39-42(27)24-7-5-23(33)6-8-24)17-30(21,19-31)29(44)26-15-22(10-13-38-26)32(35,36)37/h5-8,10-11,13-16,18,25H,2-4,9,12,17,19H2,1H3/t30-,31-/m0/s1. The lowest BCUT2D eigenvalue weighted by Crippen LogP contribution is -2.61. The summed E-state index contributed by atoms with van der Waals surface area (Å²) in [6, 6.07) is 7.56. The van der Waals surface area contributed by atoms with Gasteiger partial charge < -0.3 is 0 Å². The minimum atomic E-state index is -4.77. The number of aryl methyl sites for hydroxylation is 1. The average molecular weight is 673 g/mol. The Labute approximate surface area is 266 Å². The van der Waals surface area contributed by atoms with Crippen molar-refractivity contribution in [2.75, 3.05) is 0 Å². The van der Waals surface area contributed by atoms with Gasteiger partial charge in [-0.1, -0.05) is 12.0 Å². The van der Waals surface area contributed by atoms with Crippen molar-refractivity contribution < 1.29 is 35.2 Å². The van der Waals surface area contributed by atoms with E-state index in [-0.39, 0.29) is 24.3 Å². The summed E-state index contributed by atoms with van der Waals surface area (Å²) >= 11 is 0. The van der Waals surface area contributed by atoms with E-state index in [2.05, 4.69) is 15.2 Å². The Kier molecular flexibility index (Phi) is 7.28. The minimum Gasteiger partial charge on any atom is -0.291 e. The molecular formula is C32H29F5N6O3S. The lowest BCUT2D eigenvalue weighted by molar-refractivity contribution is -0.137. The Morgan fingerprint density at radius 1 is 1.11 bits per heavy atom. The molecule has 3 aromatic heterocycles. The summed E-state index contributed by atoms with van der Waals surface area (Å²) in [4.78, 5) is 18.5. The van der Waals surface area contributed by atoms with Gasteiger partial charge in [-0.05, 0) is 86.2 Å². The Morgan fingerprint density at radius 2 is 1.85 bits per heavy atom. The number of benzene rings is 1. The van der Waals surface area contributed by atoms with Gasteiger partial charge in [0.1, 0.15) is 11.5 Å². The first-order chi connectivity index (χ1) is 22.2. The maximum atomic E-state index is 17.8. The van der Waals surface area contributed by atoms with Gasteiger partial charge in [0.25, 0.3) is 10.0 Å². The average Bonchev–Trinajstić information content (AvgIpc) is 3.63. The molecule has 0 N–H and O–H groups in total. The number of nitrogens with zero attached hydrogens (tertiary/aromatic N) is 6. The number of carbonyl (C=O) groups is 1. The summed E-state index contributed by atoms with van der Waals surface area (Å²) in [7, 11) is -2.95. The van der Waals surface area contributed by atoms with Gasteiger partial charge in [0.2, 0.25) is 0 Å². The summed E-state index contributed by atoms with van der Waals surface area (Å²) in [5.41, 5.74) is -1.39. The van der Waals surface area contributed by atoms with E-state index in [9.17, 15) is 30.8 Å². The first-order valence-electron chi connectivity index (χ1n) is 15.1. The predicted octanol–water partition coefficient (Wildman–Crippen LogP) is 6.06. The molecule has 2 saturated carbocycles. The molecule has 0 unspecified atom stereocenters. The lowest BCUT2D eigenvalue weighted by Gasteiger charge is -2.52. The first kappa shape index (κ1) is 31.4. The third-order valence-electron chi connectivity index (χ3n) is 9.49. The molecule has 15 heteroatoms. The molecule has 3 aliphatic carbocycles.